The molecule has 1 unspecified atom stereocenters. The maximum Gasteiger partial charge on any atom is 0.240 e. The minimum Gasteiger partial charge on any atom is -0.369 e. The van der Waals surface area contributed by atoms with E-state index in [1.54, 1.807) is 11.3 Å². The van der Waals surface area contributed by atoms with E-state index < -0.39 is 0 Å². The fourth-order valence-electron chi connectivity index (χ4n) is 1.55. The standard InChI is InChI=1S/C12H19N5S/c1-7(2)8(3)6-14-10-9-4-5-18-11(9)16-12(15-10)17-13/h4-5,7-8H,6,13H2,1-3H3,(H2,14,15,16,17). The molecule has 5 nitrogen and oxygen atoms in total. The summed E-state index contributed by atoms with van der Waals surface area (Å²) in [6.45, 7) is 7.56. The predicted molar refractivity (Wildman–Crippen MR) is 77.7 cm³/mol. The highest BCUT2D eigenvalue weighted by Crippen LogP contribution is 2.26. The third kappa shape index (κ3) is 2.70. The van der Waals surface area contributed by atoms with Gasteiger partial charge in [0.05, 0.1) is 5.39 Å². The fraction of sp³-hybridized carbons (Fsp3) is 0.500. The van der Waals surface area contributed by atoms with Crippen LogP contribution in [0.5, 0.6) is 0 Å². The minimum atomic E-state index is 0.449. The molecule has 4 N–H and O–H groups in total. The number of fused-ring (bicyclic) bond motifs is 1. The Labute approximate surface area is 111 Å². The first-order chi connectivity index (χ1) is 8.61. The monoisotopic (exact) mass is 265 g/mol. The molecular formula is C12H19N5S. The molecule has 0 bridgehead atoms. The highest BCUT2D eigenvalue weighted by atomic mass is 32.1. The third-order valence-corrected chi connectivity index (χ3v) is 3.99. The zero-order chi connectivity index (χ0) is 13.1. The van der Waals surface area contributed by atoms with Crippen LogP contribution in [0.1, 0.15) is 20.8 Å². The van der Waals surface area contributed by atoms with Gasteiger partial charge in [-0.25, -0.2) is 10.8 Å². The lowest BCUT2D eigenvalue weighted by atomic mass is 9.98. The van der Waals surface area contributed by atoms with Gasteiger partial charge >= 0.3 is 0 Å². The Balaban J connectivity index is 2.23. The molecule has 0 aliphatic heterocycles. The smallest absolute Gasteiger partial charge is 0.240 e. The lowest BCUT2D eigenvalue weighted by Gasteiger charge is -2.17. The lowest BCUT2D eigenvalue weighted by molar-refractivity contribution is 0.439. The zero-order valence-electron chi connectivity index (χ0n) is 10.9. The number of thiophene rings is 1. The van der Waals surface area contributed by atoms with Crippen molar-refractivity contribution in [1.82, 2.24) is 9.97 Å². The van der Waals surface area contributed by atoms with Gasteiger partial charge in [0.2, 0.25) is 5.95 Å². The number of hydrogen-bond acceptors (Lipinski definition) is 6. The molecule has 2 aromatic rings. The average molecular weight is 265 g/mol. The average Bonchev–Trinajstić information content (AvgIpc) is 2.83. The molecule has 0 aliphatic rings. The van der Waals surface area contributed by atoms with Crippen LogP contribution < -0.4 is 16.6 Å². The first-order valence-electron chi connectivity index (χ1n) is 6.07. The Morgan fingerprint density at radius 2 is 2.11 bits per heavy atom. The van der Waals surface area contributed by atoms with Crippen LogP contribution in [0.15, 0.2) is 11.4 Å². The molecule has 0 aromatic carbocycles. The molecule has 2 heterocycles. The van der Waals surface area contributed by atoms with E-state index in [1.807, 2.05) is 11.4 Å². The quantitative estimate of drug-likeness (QED) is 0.572. The van der Waals surface area contributed by atoms with E-state index in [9.17, 15) is 0 Å². The summed E-state index contributed by atoms with van der Waals surface area (Å²) in [4.78, 5) is 9.62. The van der Waals surface area contributed by atoms with Crippen molar-refractivity contribution >= 4 is 33.3 Å². The van der Waals surface area contributed by atoms with E-state index in [4.69, 9.17) is 5.84 Å². The molecule has 0 fully saturated rings. The first kappa shape index (κ1) is 13.0. The van der Waals surface area contributed by atoms with Gasteiger partial charge in [0.15, 0.2) is 0 Å². The Hall–Kier alpha value is -1.40. The summed E-state index contributed by atoms with van der Waals surface area (Å²) in [6, 6.07) is 2.03. The van der Waals surface area contributed by atoms with E-state index in [0.717, 1.165) is 22.6 Å². The van der Waals surface area contributed by atoms with E-state index >= 15 is 0 Å². The number of aromatic nitrogens is 2. The van der Waals surface area contributed by atoms with Crippen LogP contribution in [0.2, 0.25) is 0 Å². The normalized spacial score (nSPS) is 12.9. The largest absolute Gasteiger partial charge is 0.369 e. The summed E-state index contributed by atoms with van der Waals surface area (Å²) in [5.41, 5.74) is 2.50. The Morgan fingerprint density at radius 1 is 1.33 bits per heavy atom. The third-order valence-electron chi connectivity index (χ3n) is 3.18. The van der Waals surface area contributed by atoms with E-state index in [1.165, 1.54) is 0 Å². The van der Waals surface area contributed by atoms with Gasteiger partial charge in [-0.3, -0.25) is 5.43 Å². The Bertz CT molecular complexity index is 522. The number of nitrogens with one attached hydrogen (secondary N) is 2. The molecular weight excluding hydrogens is 246 g/mol. The van der Waals surface area contributed by atoms with Gasteiger partial charge in [0, 0.05) is 6.54 Å². The highest BCUT2D eigenvalue weighted by molar-refractivity contribution is 7.16. The number of hydrazine groups is 1. The lowest BCUT2D eigenvalue weighted by Crippen LogP contribution is -2.18. The van der Waals surface area contributed by atoms with Crippen molar-refractivity contribution in [1.29, 1.82) is 0 Å². The molecule has 18 heavy (non-hydrogen) atoms. The summed E-state index contributed by atoms with van der Waals surface area (Å²) in [7, 11) is 0. The number of hydrogen-bond donors (Lipinski definition) is 3. The molecule has 0 amide bonds. The second-order valence-electron chi connectivity index (χ2n) is 4.78. The van der Waals surface area contributed by atoms with Gasteiger partial charge in [-0.1, -0.05) is 20.8 Å². The molecule has 0 saturated carbocycles. The summed E-state index contributed by atoms with van der Waals surface area (Å²) in [5.74, 6) is 7.91. The van der Waals surface area contributed by atoms with Gasteiger partial charge in [-0.15, -0.1) is 11.3 Å². The predicted octanol–water partition coefficient (Wildman–Crippen LogP) is 2.68. The minimum absolute atomic E-state index is 0.449. The highest BCUT2D eigenvalue weighted by Gasteiger charge is 2.11. The second-order valence-corrected chi connectivity index (χ2v) is 5.68. The van der Waals surface area contributed by atoms with Crippen LogP contribution in [0, 0.1) is 11.8 Å². The van der Waals surface area contributed by atoms with Crippen LogP contribution in [0.25, 0.3) is 10.2 Å². The van der Waals surface area contributed by atoms with Crippen LogP contribution in [0.4, 0.5) is 11.8 Å². The molecule has 0 spiro atoms. The van der Waals surface area contributed by atoms with Crippen molar-refractivity contribution in [3.05, 3.63) is 11.4 Å². The van der Waals surface area contributed by atoms with Gasteiger partial charge in [0.25, 0.3) is 0 Å². The van der Waals surface area contributed by atoms with Gasteiger partial charge < -0.3 is 5.32 Å². The Morgan fingerprint density at radius 3 is 2.78 bits per heavy atom. The number of anilines is 2. The van der Waals surface area contributed by atoms with Gasteiger partial charge in [-0.2, -0.15) is 4.98 Å². The zero-order valence-corrected chi connectivity index (χ0v) is 11.7. The fourth-order valence-corrected chi connectivity index (χ4v) is 2.31. The maximum absolute atomic E-state index is 5.38. The van der Waals surface area contributed by atoms with Crippen molar-refractivity contribution in [2.75, 3.05) is 17.3 Å². The topological polar surface area (TPSA) is 75.9 Å². The SMILES string of the molecule is CC(C)C(C)CNc1nc(NN)nc2sccc12. The molecule has 2 rings (SSSR count). The summed E-state index contributed by atoms with van der Waals surface area (Å²) in [5, 5.41) is 6.45. The van der Waals surface area contributed by atoms with Crippen LogP contribution >= 0.6 is 11.3 Å². The summed E-state index contributed by atoms with van der Waals surface area (Å²) < 4.78 is 0. The van der Waals surface area contributed by atoms with Crippen molar-refractivity contribution in [2.45, 2.75) is 20.8 Å². The van der Waals surface area contributed by atoms with E-state index in [2.05, 4.69) is 41.5 Å². The first-order valence-corrected chi connectivity index (χ1v) is 6.95. The molecule has 2 aromatic heterocycles. The van der Waals surface area contributed by atoms with Crippen molar-refractivity contribution in [2.24, 2.45) is 17.7 Å². The Kier molecular flexibility index (Phi) is 3.98. The molecule has 1 atom stereocenters. The van der Waals surface area contributed by atoms with Crippen LogP contribution in [0.3, 0.4) is 0 Å². The number of nitrogens with zero attached hydrogens (tertiary/aromatic N) is 2. The van der Waals surface area contributed by atoms with Crippen LogP contribution in [-0.4, -0.2) is 16.5 Å². The molecule has 6 heteroatoms. The molecule has 0 aliphatic carbocycles. The van der Waals surface area contributed by atoms with E-state index in [0.29, 0.717) is 17.8 Å². The maximum atomic E-state index is 5.38. The van der Waals surface area contributed by atoms with Gasteiger partial charge in [-0.05, 0) is 23.3 Å². The molecule has 0 radical (unpaired) electrons. The van der Waals surface area contributed by atoms with E-state index in [-0.39, 0.29) is 0 Å². The van der Waals surface area contributed by atoms with Crippen molar-refractivity contribution in [3.8, 4) is 0 Å². The number of rotatable bonds is 5. The second kappa shape index (κ2) is 5.49. The van der Waals surface area contributed by atoms with Crippen molar-refractivity contribution < 1.29 is 0 Å². The van der Waals surface area contributed by atoms with Crippen molar-refractivity contribution in [3.63, 3.8) is 0 Å². The van der Waals surface area contributed by atoms with Crippen LogP contribution in [-0.2, 0) is 0 Å². The summed E-state index contributed by atoms with van der Waals surface area (Å²) in [6.07, 6.45) is 0. The number of nitrogens with two attached hydrogens (primary N) is 1. The van der Waals surface area contributed by atoms with Gasteiger partial charge in [0.1, 0.15) is 10.6 Å². The molecule has 0 saturated heterocycles. The summed E-state index contributed by atoms with van der Waals surface area (Å²) >= 11 is 1.58. The number of nitrogen functional groups attached to an aromatic ring is 1. The molecule has 98 valence electrons.